The molecule has 6 N–H and O–H groups in total. The Balaban J connectivity index is 0.866. The van der Waals surface area contributed by atoms with Crippen molar-refractivity contribution in [2.45, 2.75) is 122 Å². The number of cyclic esters (lactones) is 1. The van der Waals surface area contributed by atoms with Gasteiger partial charge < -0.3 is 45.6 Å². The predicted octanol–water partition coefficient (Wildman–Crippen LogP) is 2.45. The number of rotatable bonds is 24. The van der Waals surface area contributed by atoms with Gasteiger partial charge in [0.15, 0.2) is 5.60 Å². The number of imide groups is 1. The maximum Gasteiger partial charge on any atom is 0.343 e. The first kappa shape index (κ1) is 51.9. The van der Waals surface area contributed by atoms with Gasteiger partial charge in [-0.15, -0.1) is 0 Å². The van der Waals surface area contributed by atoms with Crippen LogP contribution in [0.15, 0.2) is 35.1 Å². The first-order chi connectivity index (χ1) is 33.6. The SMILES string of the molecule is CC[C@@]1(O)C(=O)OCc2c1cc1n(c2=O)Cc2c-1nc1cc(F)c(C)cc1c2CN1CCC([C@H](C)OCNC(=O)[C@H](CCCCN)NC(=O)COCC(=O)NCCCCCCN2C(=O)C=CC2=O)CC1. The summed E-state index contributed by atoms with van der Waals surface area (Å²) in [6.07, 6.45) is 8.50. The molecule has 1 aromatic carbocycles. The van der Waals surface area contributed by atoms with E-state index in [4.69, 9.17) is 24.9 Å². The van der Waals surface area contributed by atoms with Gasteiger partial charge >= 0.3 is 5.97 Å². The van der Waals surface area contributed by atoms with E-state index in [1.165, 1.54) is 23.1 Å². The lowest BCUT2D eigenvalue weighted by atomic mass is 9.86. The number of amides is 5. The van der Waals surface area contributed by atoms with E-state index < -0.39 is 41.9 Å². The number of aromatic nitrogens is 2. The number of hydrogen-bond acceptors (Lipinski definition) is 14. The maximum atomic E-state index is 15.1. The fourth-order valence-corrected chi connectivity index (χ4v) is 9.69. The largest absolute Gasteiger partial charge is 0.458 e. The number of nitrogens with two attached hydrogens (primary N) is 1. The molecule has 0 saturated carbocycles. The van der Waals surface area contributed by atoms with E-state index >= 15 is 4.39 Å². The van der Waals surface area contributed by atoms with Crippen LogP contribution >= 0.6 is 0 Å². The second-order valence-corrected chi connectivity index (χ2v) is 18.6. The summed E-state index contributed by atoms with van der Waals surface area (Å²) in [4.78, 5) is 96.7. The molecule has 3 atom stereocenters. The van der Waals surface area contributed by atoms with Gasteiger partial charge in [-0.1, -0.05) is 19.8 Å². The number of nitrogens with zero attached hydrogens (tertiary/aromatic N) is 4. The summed E-state index contributed by atoms with van der Waals surface area (Å²) >= 11 is 0. The molecule has 0 radical (unpaired) electrons. The zero-order valence-corrected chi connectivity index (χ0v) is 40.2. The van der Waals surface area contributed by atoms with E-state index in [9.17, 15) is 38.7 Å². The zero-order valence-electron chi connectivity index (χ0n) is 40.2. The number of unbranched alkanes of at least 4 members (excludes halogenated alkanes) is 4. The number of esters is 1. The molecule has 4 aliphatic heterocycles. The van der Waals surface area contributed by atoms with Crippen LogP contribution in [-0.2, 0) is 68.3 Å². The Bertz CT molecular complexity index is 2560. The number of hydrogen-bond donors (Lipinski definition) is 5. The summed E-state index contributed by atoms with van der Waals surface area (Å²) in [6.45, 7) is 7.66. The third kappa shape index (κ3) is 11.8. The van der Waals surface area contributed by atoms with Gasteiger partial charge in [0.05, 0.1) is 35.1 Å². The lowest BCUT2D eigenvalue weighted by molar-refractivity contribution is -0.172. The number of fused-ring (bicyclic) bond motifs is 5. The highest BCUT2D eigenvalue weighted by molar-refractivity contribution is 6.12. The highest BCUT2D eigenvalue weighted by Crippen LogP contribution is 2.41. The first-order valence-electron chi connectivity index (χ1n) is 24.4. The van der Waals surface area contributed by atoms with Gasteiger partial charge in [0.25, 0.3) is 17.4 Å². The molecule has 19 nitrogen and oxygen atoms in total. The standard InChI is InChI=1S/C50H65FN8O11/c1-4-50(67)37-22-41-46-35(25-59(41)48(65)36(37)26-69-49(50)66)34(33-21-30(2)38(51)23-40(33)56-46)24-57-19-14-32(15-20-57)31(3)70-29-54-47(64)39(11-7-8-16-52)55-43(61)28-68-27-42(60)53-17-9-5-6-10-18-58-44(62)12-13-45(58)63/h12-13,21-23,31-32,39,67H,4-11,14-20,24-29,52H2,1-3H3,(H,53,60)(H,54,64)(H,55,61)/t31-,39-,50-/m0/s1. The van der Waals surface area contributed by atoms with Gasteiger partial charge in [0, 0.05) is 54.4 Å². The van der Waals surface area contributed by atoms with Crippen LogP contribution in [0.25, 0.3) is 22.3 Å². The van der Waals surface area contributed by atoms with Gasteiger partial charge in [-0.2, -0.15) is 0 Å². The zero-order chi connectivity index (χ0) is 50.1. The Labute approximate surface area is 405 Å². The summed E-state index contributed by atoms with van der Waals surface area (Å²) in [5, 5.41) is 20.4. The summed E-state index contributed by atoms with van der Waals surface area (Å²) in [5.74, 6) is -2.97. The number of aliphatic hydroxyl groups is 1. The number of halogens is 1. The maximum absolute atomic E-state index is 15.1. The third-order valence-corrected chi connectivity index (χ3v) is 14.0. The van der Waals surface area contributed by atoms with E-state index in [2.05, 4.69) is 20.9 Å². The van der Waals surface area contributed by atoms with Crippen molar-refractivity contribution in [2.75, 3.05) is 52.7 Å². The minimum absolute atomic E-state index is 0.0169. The molecular formula is C50H65FN8O11. The fourth-order valence-electron chi connectivity index (χ4n) is 9.69. The van der Waals surface area contributed by atoms with E-state index in [0.717, 1.165) is 55.3 Å². The van der Waals surface area contributed by atoms with Crippen molar-refractivity contribution in [3.63, 3.8) is 0 Å². The van der Waals surface area contributed by atoms with Crippen LogP contribution in [0.3, 0.4) is 0 Å². The molecule has 6 heterocycles. The number of carbonyl (C=O) groups is 6. The molecular weight excluding hydrogens is 908 g/mol. The molecule has 378 valence electrons. The monoisotopic (exact) mass is 972 g/mol. The Morgan fingerprint density at radius 1 is 0.971 bits per heavy atom. The fraction of sp³-hybridized carbons (Fsp3) is 0.560. The minimum atomic E-state index is -1.97. The van der Waals surface area contributed by atoms with E-state index in [-0.39, 0.29) is 79.3 Å². The summed E-state index contributed by atoms with van der Waals surface area (Å²) in [6, 6.07) is 4.01. The van der Waals surface area contributed by atoms with Crippen LogP contribution in [0.4, 0.5) is 4.39 Å². The van der Waals surface area contributed by atoms with Gasteiger partial charge in [-0.25, -0.2) is 14.2 Å². The van der Waals surface area contributed by atoms with Crippen molar-refractivity contribution in [2.24, 2.45) is 11.7 Å². The van der Waals surface area contributed by atoms with E-state index in [1.54, 1.807) is 30.5 Å². The molecule has 1 fully saturated rings. The van der Waals surface area contributed by atoms with Crippen LogP contribution in [0.1, 0.15) is 106 Å². The van der Waals surface area contributed by atoms with Gasteiger partial charge in [0.2, 0.25) is 17.7 Å². The molecule has 0 aliphatic carbocycles. The number of pyridine rings is 2. The van der Waals surface area contributed by atoms with Crippen LogP contribution in [0, 0.1) is 18.7 Å². The minimum Gasteiger partial charge on any atom is -0.458 e. The molecule has 4 aliphatic rings. The Hall–Kier alpha value is -5.93. The van der Waals surface area contributed by atoms with E-state index in [1.807, 2.05) is 6.92 Å². The molecule has 7 rings (SSSR count). The summed E-state index contributed by atoms with van der Waals surface area (Å²) < 4.78 is 33.3. The van der Waals surface area contributed by atoms with Crippen LogP contribution in [-0.4, -0.2) is 125 Å². The number of likely N-dealkylation sites (tertiary alicyclic amines) is 1. The van der Waals surface area contributed by atoms with Crippen molar-refractivity contribution in [1.82, 2.24) is 35.3 Å². The van der Waals surface area contributed by atoms with Gasteiger partial charge in [-0.05, 0) is 114 Å². The second kappa shape index (κ2) is 23.3. The lowest BCUT2D eigenvalue weighted by Gasteiger charge is -2.35. The number of nitrogens with one attached hydrogen (secondary N) is 3. The smallest absolute Gasteiger partial charge is 0.343 e. The Morgan fingerprint density at radius 3 is 2.43 bits per heavy atom. The highest BCUT2D eigenvalue weighted by atomic mass is 19.1. The number of piperidine rings is 1. The molecule has 5 amide bonds. The number of carbonyl (C=O) groups excluding carboxylic acids is 6. The lowest BCUT2D eigenvalue weighted by Crippen LogP contribution is -2.49. The Morgan fingerprint density at radius 2 is 1.70 bits per heavy atom. The van der Waals surface area contributed by atoms with Crippen molar-refractivity contribution in [3.05, 3.63) is 74.3 Å². The number of ether oxygens (including phenoxy) is 3. The van der Waals surface area contributed by atoms with E-state index in [0.29, 0.717) is 80.8 Å². The van der Waals surface area contributed by atoms with Crippen molar-refractivity contribution < 1.29 is 52.5 Å². The molecule has 3 aromatic rings. The molecule has 2 aromatic heterocycles. The third-order valence-electron chi connectivity index (χ3n) is 14.0. The molecule has 0 spiro atoms. The normalized spacial score (nSPS) is 18.7. The molecule has 1 saturated heterocycles. The average Bonchev–Trinajstić information content (AvgIpc) is 3.87. The predicted molar refractivity (Wildman–Crippen MR) is 254 cm³/mol. The highest BCUT2D eigenvalue weighted by Gasteiger charge is 2.45. The Kier molecular flexibility index (Phi) is 17.3. The van der Waals surface area contributed by atoms with Crippen LogP contribution in [0.5, 0.6) is 0 Å². The topological polar surface area (TPSA) is 254 Å². The van der Waals surface area contributed by atoms with Crippen molar-refractivity contribution in [3.8, 4) is 11.4 Å². The molecule has 0 bridgehead atoms. The van der Waals surface area contributed by atoms with Crippen molar-refractivity contribution >= 4 is 46.4 Å². The van der Waals surface area contributed by atoms with Crippen molar-refractivity contribution in [1.29, 1.82) is 0 Å². The first-order valence-corrected chi connectivity index (χ1v) is 24.4. The second-order valence-electron chi connectivity index (χ2n) is 18.6. The molecule has 70 heavy (non-hydrogen) atoms. The summed E-state index contributed by atoms with van der Waals surface area (Å²) in [7, 11) is 0. The summed E-state index contributed by atoms with van der Waals surface area (Å²) in [5.41, 5.74) is 7.44. The van der Waals surface area contributed by atoms with Gasteiger partial charge in [-0.3, -0.25) is 38.6 Å². The van der Waals surface area contributed by atoms with Crippen LogP contribution < -0.4 is 27.2 Å². The van der Waals surface area contributed by atoms with Gasteiger partial charge in [0.1, 0.15) is 38.4 Å². The molecule has 0 unspecified atom stereocenters. The average molecular weight is 973 g/mol. The van der Waals surface area contributed by atoms with Crippen LogP contribution in [0.2, 0.25) is 0 Å². The number of benzene rings is 1. The molecule has 20 heteroatoms. The quantitative estimate of drug-likeness (QED) is 0.0293. The number of aryl methyl sites for hydroxylation is 1.